The van der Waals surface area contributed by atoms with Crippen LogP contribution in [0, 0.1) is 0 Å². The number of nitrogens with zero attached hydrogens (tertiary/aromatic N) is 1. The second kappa shape index (κ2) is 8.69. The molecular formula is C23H26N2O2. The van der Waals surface area contributed by atoms with E-state index in [0.717, 1.165) is 11.3 Å². The van der Waals surface area contributed by atoms with E-state index in [0.29, 0.717) is 6.54 Å². The van der Waals surface area contributed by atoms with E-state index in [2.05, 4.69) is 42.6 Å². The van der Waals surface area contributed by atoms with Crippen molar-refractivity contribution in [3.63, 3.8) is 0 Å². The van der Waals surface area contributed by atoms with Gasteiger partial charge in [0.05, 0.1) is 13.7 Å². The molecule has 27 heavy (non-hydrogen) atoms. The number of benzene rings is 3. The molecule has 4 nitrogen and oxygen atoms in total. The van der Waals surface area contributed by atoms with Crippen LogP contribution >= 0.6 is 0 Å². The lowest BCUT2D eigenvalue weighted by Gasteiger charge is -2.21. The van der Waals surface area contributed by atoms with Crippen LogP contribution in [0.5, 0.6) is 5.75 Å². The standard InChI is InChI=1S/C23H26N2O2/c1-17(20-13-8-11-18-9-4-6-12-21(18)20)24-15-23(26)25(2)16-19-10-5-7-14-22(19)27-3/h4-14,17,24H,15-16H2,1-3H3. The fraction of sp³-hybridized carbons (Fsp3) is 0.261. The topological polar surface area (TPSA) is 41.6 Å². The van der Waals surface area contributed by atoms with E-state index >= 15 is 0 Å². The summed E-state index contributed by atoms with van der Waals surface area (Å²) in [5, 5.41) is 5.79. The Bertz CT molecular complexity index is 918. The van der Waals surface area contributed by atoms with Crippen molar-refractivity contribution in [3.05, 3.63) is 77.9 Å². The third kappa shape index (κ3) is 4.47. The summed E-state index contributed by atoms with van der Waals surface area (Å²) in [6.07, 6.45) is 0. The van der Waals surface area contributed by atoms with Crippen LogP contribution in [0.1, 0.15) is 24.1 Å². The Morgan fingerprint density at radius 2 is 1.74 bits per heavy atom. The van der Waals surface area contributed by atoms with Crippen LogP contribution in [0.2, 0.25) is 0 Å². The lowest BCUT2D eigenvalue weighted by atomic mass is 10.00. The van der Waals surface area contributed by atoms with Crippen LogP contribution in [0.15, 0.2) is 66.7 Å². The predicted molar refractivity (Wildman–Crippen MR) is 110 cm³/mol. The Kier molecular flexibility index (Phi) is 6.09. The number of carbonyl (C=O) groups excluding carboxylic acids is 1. The third-order valence-corrected chi connectivity index (χ3v) is 4.88. The Morgan fingerprint density at radius 1 is 1.04 bits per heavy atom. The van der Waals surface area contributed by atoms with Crippen molar-refractivity contribution >= 4 is 16.7 Å². The number of rotatable bonds is 7. The fourth-order valence-electron chi connectivity index (χ4n) is 3.29. The van der Waals surface area contributed by atoms with Crippen molar-refractivity contribution in [1.29, 1.82) is 0 Å². The van der Waals surface area contributed by atoms with Gasteiger partial charge in [0.1, 0.15) is 5.75 Å². The van der Waals surface area contributed by atoms with Crippen LogP contribution in [0.25, 0.3) is 10.8 Å². The van der Waals surface area contributed by atoms with Crippen LogP contribution in [-0.2, 0) is 11.3 Å². The number of likely N-dealkylation sites (N-methyl/N-ethyl adjacent to an activating group) is 1. The molecule has 140 valence electrons. The van der Waals surface area contributed by atoms with Gasteiger partial charge in [-0.05, 0) is 29.3 Å². The average molecular weight is 362 g/mol. The van der Waals surface area contributed by atoms with Gasteiger partial charge in [0, 0.05) is 25.2 Å². The summed E-state index contributed by atoms with van der Waals surface area (Å²) in [6, 6.07) is 22.5. The zero-order valence-electron chi connectivity index (χ0n) is 16.1. The minimum Gasteiger partial charge on any atom is -0.496 e. The molecule has 0 saturated heterocycles. The number of para-hydroxylation sites is 1. The molecule has 0 spiro atoms. The molecule has 0 saturated carbocycles. The number of hydrogen-bond acceptors (Lipinski definition) is 3. The number of nitrogens with one attached hydrogen (secondary N) is 1. The SMILES string of the molecule is COc1ccccc1CN(C)C(=O)CNC(C)c1cccc2ccccc12. The second-order valence-corrected chi connectivity index (χ2v) is 6.73. The molecule has 1 atom stereocenters. The van der Waals surface area contributed by atoms with E-state index in [1.807, 2.05) is 43.4 Å². The van der Waals surface area contributed by atoms with Gasteiger partial charge in [0.2, 0.25) is 5.91 Å². The summed E-state index contributed by atoms with van der Waals surface area (Å²) in [5.41, 5.74) is 2.20. The number of methoxy groups -OCH3 is 1. The van der Waals surface area contributed by atoms with Gasteiger partial charge in [-0.25, -0.2) is 0 Å². The van der Waals surface area contributed by atoms with Crippen molar-refractivity contribution in [3.8, 4) is 5.75 Å². The summed E-state index contributed by atoms with van der Waals surface area (Å²) in [6.45, 7) is 2.90. The molecule has 0 bridgehead atoms. The van der Waals surface area contributed by atoms with E-state index in [9.17, 15) is 4.79 Å². The number of fused-ring (bicyclic) bond motifs is 1. The molecule has 0 aromatic heterocycles. The summed E-state index contributed by atoms with van der Waals surface area (Å²) in [5.74, 6) is 0.849. The highest BCUT2D eigenvalue weighted by Gasteiger charge is 2.14. The monoisotopic (exact) mass is 362 g/mol. The summed E-state index contributed by atoms with van der Waals surface area (Å²) >= 11 is 0. The van der Waals surface area contributed by atoms with Crippen molar-refractivity contribution in [2.75, 3.05) is 20.7 Å². The molecule has 3 rings (SSSR count). The van der Waals surface area contributed by atoms with E-state index < -0.39 is 0 Å². The van der Waals surface area contributed by atoms with Gasteiger partial charge in [0.25, 0.3) is 0 Å². The number of amides is 1. The first-order chi connectivity index (χ1) is 13.1. The lowest BCUT2D eigenvalue weighted by molar-refractivity contribution is -0.129. The maximum Gasteiger partial charge on any atom is 0.236 e. The van der Waals surface area contributed by atoms with Crippen molar-refractivity contribution in [2.45, 2.75) is 19.5 Å². The minimum atomic E-state index is 0.0491. The first kappa shape index (κ1) is 18.9. The maximum atomic E-state index is 12.6. The van der Waals surface area contributed by atoms with Crippen LogP contribution < -0.4 is 10.1 Å². The Morgan fingerprint density at radius 3 is 2.56 bits per heavy atom. The quantitative estimate of drug-likeness (QED) is 0.686. The van der Waals surface area contributed by atoms with Crippen LogP contribution in [0.3, 0.4) is 0 Å². The first-order valence-electron chi connectivity index (χ1n) is 9.17. The van der Waals surface area contributed by atoms with Crippen molar-refractivity contribution in [1.82, 2.24) is 10.2 Å². The van der Waals surface area contributed by atoms with Gasteiger partial charge >= 0.3 is 0 Å². The summed E-state index contributed by atoms with van der Waals surface area (Å²) in [7, 11) is 3.47. The fourth-order valence-corrected chi connectivity index (χ4v) is 3.29. The average Bonchev–Trinajstić information content (AvgIpc) is 2.71. The first-order valence-corrected chi connectivity index (χ1v) is 9.17. The number of ether oxygens (including phenoxy) is 1. The molecule has 0 radical (unpaired) electrons. The van der Waals surface area contributed by atoms with Gasteiger partial charge in [-0.1, -0.05) is 60.7 Å². The van der Waals surface area contributed by atoms with Gasteiger partial charge in [-0.2, -0.15) is 0 Å². The lowest BCUT2D eigenvalue weighted by Crippen LogP contribution is -2.36. The second-order valence-electron chi connectivity index (χ2n) is 6.73. The molecule has 1 N–H and O–H groups in total. The largest absolute Gasteiger partial charge is 0.496 e. The molecule has 3 aromatic carbocycles. The van der Waals surface area contributed by atoms with Gasteiger partial charge in [-0.3, -0.25) is 4.79 Å². The summed E-state index contributed by atoms with van der Waals surface area (Å²) < 4.78 is 5.37. The smallest absolute Gasteiger partial charge is 0.236 e. The zero-order chi connectivity index (χ0) is 19.2. The highest BCUT2D eigenvalue weighted by molar-refractivity contribution is 5.86. The number of hydrogen-bond donors (Lipinski definition) is 1. The van der Waals surface area contributed by atoms with Crippen molar-refractivity contribution in [2.24, 2.45) is 0 Å². The Hall–Kier alpha value is -2.85. The normalized spacial score (nSPS) is 12.0. The van der Waals surface area contributed by atoms with E-state index in [-0.39, 0.29) is 18.5 Å². The van der Waals surface area contributed by atoms with Crippen molar-refractivity contribution < 1.29 is 9.53 Å². The molecule has 3 aromatic rings. The zero-order valence-corrected chi connectivity index (χ0v) is 16.1. The maximum absolute atomic E-state index is 12.6. The highest BCUT2D eigenvalue weighted by Crippen LogP contribution is 2.24. The summed E-state index contributed by atoms with van der Waals surface area (Å²) in [4.78, 5) is 14.3. The molecule has 1 amide bonds. The van der Waals surface area contributed by atoms with Gasteiger partial charge < -0.3 is 15.0 Å². The van der Waals surface area contributed by atoms with Gasteiger partial charge in [0.15, 0.2) is 0 Å². The molecular weight excluding hydrogens is 336 g/mol. The van der Waals surface area contributed by atoms with E-state index in [4.69, 9.17) is 4.74 Å². The Labute approximate surface area is 160 Å². The molecule has 4 heteroatoms. The third-order valence-electron chi connectivity index (χ3n) is 4.88. The molecule has 0 aliphatic rings. The Balaban J connectivity index is 1.62. The minimum absolute atomic E-state index is 0.0491. The highest BCUT2D eigenvalue weighted by atomic mass is 16.5. The van der Waals surface area contributed by atoms with Crippen LogP contribution in [-0.4, -0.2) is 31.5 Å². The van der Waals surface area contributed by atoms with Gasteiger partial charge in [-0.15, -0.1) is 0 Å². The van der Waals surface area contributed by atoms with E-state index in [1.165, 1.54) is 16.3 Å². The molecule has 0 aliphatic carbocycles. The molecule has 0 fully saturated rings. The van der Waals surface area contributed by atoms with Crippen LogP contribution in [0.4, 0.5) is 0 Å². The molecule has 0 heterocycles. The molecule has 0 aliphatic heterocycles. The van der Waals surface area contributed by atoms with E-state index in [1.54, 1.807) is 12.0 Å². The number of carbonyl (C=O) groups is 1. The molecule has 1 unspecified atom stereocenters. The predicted octanol–water partition coefficient (Wildman–Crippen LogP) is 4.16.